The van der Waals surface area contributed by atoms with E-state index in [9.17, 15) is 5.11 Å². The Morgan fingerprint density at radius 3 is 3.00 bits per heavy atom. The fraction of sp³-hybridized carbons (Fsp3) is 0.533. The monoisotopic (exact) mass is 259 g/mol. The Balaban J connectivity index is 1.77. The summed E-state index contributed by atoms with van der Waals surface area (Å²) in [5.41, 5.74) is 2.75. The number of aryl methyl sites for hydroxylation is 1. The summed E-state index contributed by atoms with van der Waals surface area (Å²) in [6.07, 6.45) is 6.14. The van der Waals surface area contributed by atoms with E-state index in [-0.39, 0.29) is 0 Å². The minimum absolute atomic E-state index is 0.548. The van der Waals surface area contributed by atoms with Crippen molar-refractivity contribution in [3.63, 3.8) is 0 Å². The molecular formula is C15H21N3O. The molecule has 1 aliphatic heterocycles. The first-order valence-electron chi connectivity index (χ1n) is 6.91. The molecule has 1 atom stereocenters. The van der Waals surface area contributed by atoms with Gasteiger partial charge in [0.25, 0.3) is 0 Å². The maximum atomic E-state index is 10.1. The van der Waals surface area contributed by atoms with Gasteiger partial charge in [-0.3, -0.25) is 4.90 Å². The fourth-order valence-electron chi connectivity index (χ4n) is 2.92. The standard InChI is InChI=1S/C15H21N3O/c1-12-4-5-14-16-13(10-18(14)8-12)9-17-7-3-6-15(2,19)11-17/h4-5,8,10,19H,3,6-7,9,11H2,1-2H3. The van der Waals surface area contributed by atoms with E-state index < -0.39 is 5.60 Å². The number of imidazole rings is 1. The molecule has 1 unspecified atom stereocenters. The van der Waals surface area contributed by atoms with Gasteiger partial charge in [-0.25, -0.2) is 4.98 Å². The van der Waals surface area contributed by atoms with Crippen molar-refractivity contribution in [2.75, 3.05) is 13.1 Å². The second-order valence-corrected chi connectivity index (χ2v) is 6.02. The second-order valence-electron chi connectivity index (χ2n) is 6.02. The number of pyridine rings is 1. The van der Waals surface area contributed by atoms with Gasteiger partial charge in [0, 0.05) is 25.5 Å². The summed E-state index contributed by atoms with van der Waals surface area (Å²) in [6, 6.07) is 4.13. The van der Waals surface area contributed by atoms with Crippen LogP contribution in [-0.2, 0) is 6.54 Å². The normalized spacial score (nSPS) is 25.0. The first kappa shape index (κ1) is 12.6. The number of hydrogen-bond acceptors (Lipinski definition) is 3. The van der Waals surface area contributed by atoms with Crippen LogP contribution >= 0.6 is 0 Å². The van der Waals surface area contributed by atoms with Crippen LogP contribution in [0, 0.1) is 6.92 Å². The Kier molecular flexibility index (Phi) is 3.07. The lowest BCUT2D eigenvalue weighted by Gasteiger charge is -2.36. The minimum Gasteiger partial charge on any atom is -0.389 e. The van der Waals surface area contributed by atoms with Gasteiger partial charge in [-0.15, -0.1) is 0 Å². The average molecular weight is 259 g/mol. The molecule has 1 saturated heterocycles. The second kappa shape index (κ2) is 4.62. The van der Waals surface area contributed by atoms with Gasteiger partial charge in [0.2, 0.25) is 0 Å². The first-order valence-corrected chi connectivity index (χ1v) is 6.91. The Morgan fingerprint density at radius 2 is 2.21 bits per heavy atom. The molecule has 0 bridgehead atoms. The highest BCUT2D eigenvalue weighted by Crippen LogP contribution is 2.21. The lowest BCUT2D eigenvalue weighted by Crippen LogP contribution is -2.45. The smallest absolute Gasteiger partial charge is 0.137 e. The molecule has 1 N–H and O–H groups in total. The van der Waals surface area contributed by atoms with Crippen molar-refractivity contribution in [1.82, 2.24) is 14.3 Å². The quantitative estimate of drug-likeness (QED) is 0.896. The van der Waals surface area contributed by atoms with Crippen LogP contribution in [0.3, 0.4) is 0 Å². The lowest BCUT2D eigenvalue weighted by atomic mass is 9.95. The van der Waals surface area contributed by atoms with Crippen LogP contribution in [0.1, 0.15) is 31.0 Å². The van der Waals surface area contributed by atoms with E-state index >= 15 is 0 Å². The van der Waals surface area contributed by atoms with E-state index in [0.717, 1.165) is 43.8 Å². The maximum absolute atomic E-state index is 10.1. The topological polar surface area (TPSA) is 40.8 Å². The van der Waals surface area contributed by atoms with Crippen molar-refractivity contribution < 1.29 is 5.11 Å². The zero-order chi connectivity index (χ0) is 13.5. The molecule has 1 fully saturated rings. The summed E-state index contributed by atoms with van der Waals surface area (Å²) >= 11 is 0. The average Bonchev–Trinajstić information content (AvgIpc) is 2.68. The molecule has 0 aliphatic carbocycles. The Labute approximate surface area is 113 Å². The number of aliphatic hydroxyl groups is 1. The van der Waals surface area contributed by atoms with Crippen molar-refractivity contribution in [3.05, 3.63) is 35.8 Å². The first-order chi connectivity index (χ1) is 9.02. The SMILES string of the molecule is Cc1ccc2nc(CN3CCCC(C)(O)C3)cn2c1. The highest BCUT2D eigenvalue weighted by molar-refractivity contribution is 5.41. The third kappa shape index (κ3) is 2.80. The number of aromatic nitrogens is 2. The molecule has 3 heterocycles. The fourth-order valence-corrected chi connectivity index (χ4v) is 2.92. The van der Waals surface area contributed by atoms with Crippen molar-refractivity contribution >= 4 is 5.65 Å². The van der Waals surface area contributed by atoms with Gasteiger partial charge < -0.3 is 9.51 Å². The lowest BCUT2D eigenvalue weighted by molar-refractivity contribution is -0.0184. The van der Waals surface area contributed by atoms with Crippen LogP contribution < -0.4 is 0 Å². The van der Waals surface area contributed by atoms with Gasteiger partial charge in [0.15, 0.2) is 0 Å². The van der Waals surface area contributed by atoms with E-state index in [2.05, 4.69) is 39.7 Å². The van der Waals surface area contributed by atoms with Gasteiger partial charge in [-0.05, 0) is 44.9 Å². The van der Waals surface area contributed by atoms with Crippen LogP contribution in [-0.4, -0.2) is 38.1 Å². The van der Waals surface area contributed by atoms with E-state index in [1.807, 2.05) is 13.0 Å². The summed E-state index contributed by atoms with van der Waals surface area (Å²) in [5, 5.41) is 10.1. The minimum atomic E-state index is -0.548. The van der Waals surface area contributed by atoms with Crippen molar-refractivity contribution in [2.24, 2.45) is 0 Å². The Bertz CT molecular complexity index is 588. The number of nitrogens with zero attached hydrogens (tertiary/aromatic N) is 3. The highest BCUT2D eigenvalue weighted by atomic mass is 16.3. The molecule has 102 valence electrons. The van der Waals surface area contributed by atoms with Gasteiger partial charge in [0.1, 0.15) is 5.65 Å². The highest BCUT2D eigenvalue weighted by Gasteiger charge is 2.28. The zero-order valence-electron chi connectivity index (χ0n) is 11.6. The molecule has 4 heteroatoms. The molecule has 0 amide bonds. The number of β-amino-alcohol motifs (C(OH)–C–C–N with tert-alkyl or cyclic N) is 1. The molecule has 3 rings (SSSR count). The van der Waals surface area contributed by atoms with Gasteiger partial charge in [0.05, 0.1) is 11.3 Å². The number of likely N-dealkylation sites (tertiary alicyclic amines) is 1. The molecule has 2 aromatic heterocycles. The van der Waals surface area contributed by atoms with E-state index in [1.54, 1.807) is 0 Å². The summed E-state index contributed by atoms with van der Waals surface area (Å²) in [4.78, 5) is 6.93. The zero-order valence-corrected chi connectivity index (χ0v) is 11.6. The Hall–Kier alpha value is -1.39. The summed E-state index contributed by atoms with van der Waals surface area (Å²) in [7, 11) is 0. The molecule has 2 aromatic rings. The predicted octanol–water partition coefficient (Wildman–Crippen LogP) is 1.99. The van der Waals surface area contributed by atoms with Crippen LogP contribution in [0.5, 0.6) is 0 Å². The molecule has 0 aromatic carbocycles. The van der Waals surface area contributed by atoms with Crippen molar-refractivity contribution in [3.8, 4) is 0 Å². The summed E-state index contributed by atoms with van der Waals surface area (Å²) in [5.74, 6) is 0. The number of rotatable bonds is 2. The molecular weight excluding hydrogens is 238 g/mol. The number of fused-ring (bicyclic) bond motifs is 1. The van der Waals surface area contributed by atoms with Crippen LogP contribution in [0.4, 0.5) is 0 Å². The van der Waals surface area contributed by atoms with Gasteiger partial charge in [-0.2, -0.15) is 0 Å². The van der Waals surface area contributed by atoms with Crippen molar-refractivity contribution in [2.45, 2.75) is 38.8 Å². The molecule has 0 saturated carbocycles. The molecule has 1 aliphatic rings. The molecule has 0 spiro atoms. The van der Waals surface area contributed by atoms with Crippen LogP contribution in [0.2, 0.25) is 0 Å². The summed E-state index contributed by atoms with van der Waals surface area (Å²) in [6.45, 7) is 6.60. The van der Waals surface area contributed by atoms with Gasteiger partial charge >= 0.3 is 0 Å². The maximum Gasteiger partial charge on any atom is 0.137 e. The largest absolute Gasteiger partial charge is 0.389 e. The third-order valence-electron chi connectivity index (χ3n) is 3.79. The van der Waals surface area contributed by atoms with E-state index in [0.29, 0.717) is 0 Å². The Morgan fingerprint density at radius 1 is 1.37 bits per heavy atom. The van der Waals surface area contributed by atoms with Crippen LogP contribution in [0.15, 0.2) is 24.5 Å². The molecule has 0 radical (unpaired) electrons. The molecule has 4 nitrogen and oxygen atoms in total. The van der Waals surface area contributed by atoms with E-state index in [1.165, 1.54) is 5.56 Å². The predicted molar refractivity (Wildman–Crippen MR) is 75.1 cm³/mol. The van der Waals surface area contributed by atoms with E-state index in [4.69, 9.17) is 0 Å². The summed E-state index contributed by atoms with van der Waals surface area (Å²) < 4.78 is 2.08. The third-order valence-corrected chi connectivity index (χ3v) is 3.79. The van der Waals surface area contributed by atoms with Crippen LogP contribution in [0.25, 0.3) is 5.65 Å². The van der Waals surface area contributed by atoms with Crippen molar-refractivity contribution in [1.29, 1.82) is 0 Å². The van der Waals surface area contributed by atoms with Gasteiger partial charge in [-0.1, -0.05) is 6.07 Å². The molecule has 19 heavy (non-hydrogen) atoms. The number of piperidine rings is 1. The number of hydrogen-bond donors (Lipinski definition) is 1.